The summed E-state index contributed by atoms with van der Waals surface area (Å²) >= 11 is 0. The summed E-state index contributed by atoms with van der Waals surface area (Å²) in [5.41, 5.74) is 0.335. The SMILES string of the molecule is C=Cc1ccccc1S(=O)(=O)ON1C(=O)CCC1=O. The second-order valence-electron chi connectivity index (χ2n) is 3.85. The number of rotatable bonds is 4. The van der Waals surface area contributed by atoms with Crippen molar-refractivity contribution in [1.82, 2.24) is 5.06 Å². The molecule has 0 bridgehead atoms. The summed E-state index contributed by atoms with van der Waals surface area (Å²) in [5.74, 6) is -1.32. The molecule has 2 rings (SSSR count). The largest absolute Gasteiger partial charge is 0.318 e. The molecule has 0 saturated carbocycles. The molecule has 1 aromatic rings. The lowest BCUT2D eigenvalue weighted by molar-refractivity contribution is -0.163. The smallest absolute Gasteiger partial charge is 0.272 e. The van der Waals surface area contributed by atoms with Gasteiger partial charge >= 0.3 is 10.1 Å². The van der Waals surface area contributed by atoms with Gasteiger partial charge in [-0.2, -0.15) is 8.42 Å². The second kappa shape index (κ2) is 4.94. The van der Waals surface area contributed by atoms with Crippen LogP contribution in [0.3, 0.4) is 0 Å². The maximum Gasteiger partial charge on any atom is 0.318 e. The quantitative estimate of drug-likeness (QED) is 0.772. The molecule has 2 amide bonds. The molecular weight excluding hydrogens is 270 g/mol. The van der Waals surface area contributed by atoms with Crippen molar-refractivity contribution in [1.29, 1.82) is 0 Å². The molecule has 1 fully saturated rings. The summed E-state index contributed by atoms with van der Waals surface area (Å²) in [6, 6.07) is 6.01. The monoisotopic (exact) mass is 281 g/mol. The van der Waals surface area contributed by atoms with Gasteiger partial charge in [-0.05, 0) is 11.6 Å². The molecule has 19 heavy (non-hydrogen) atoms. The minimum absolute atomic E-state index is 0.0442. The van der Waals surface area contributed by atoms with E-state index in [9.17, 15) is 18.0 Å². The summed E-state index contributed by atoms with van der Waals surface area (Å²) in [4.78, 5) is 22.5. The lowest BCUT2D eigenvalue weighted by Gasteiger charge is -2.13. The maximum atomic E-state index is 12.0. The van der Waals surface area contributed by atoms with Crippen LogP contribution in [0.4, 0.5) is 0 Å². The van der Waals surface area contributed by atoms with Gasteiger partial charge in [0.1, 0.15) is 4.90 Å². The van der Waals surface area contributed by atoms with Gasteiger partial charge in [0.05, 0.1) is 0 Å². The Balaban J connectivity index is 2.35. The molecule has 1 aliphatic rings. The molecule has 0 atom stereocenters. The van der Waals surface area contributed by atoms with E-state index in [2.05, 4.69) is 10.9 Å². The first-order valence-corrected chi connectivity index (χ1v) is 6.88. The Kier molecular flexibility index (Phi) is 3.50. The third-order valence-corrected chi connectivity index (χ3v) is 3.84. The Hall–Kier alpha value is -1.99. The zero-order valence-electron chi connectivity index (χ0n) is 9.90. The fourth-order valence-electron chi connectivity index (χ4n) is 1.65. The van der Waals surface area contributed by atoms with Crippen LogP contribution in [0.2, 0.25) is 0 Å². The Morgan fingerprint density at radius 3 is 2.32 bits per heavy atom. The van der Waals surface area contributed by atoms with Crippen LogP contribution in [0.25, 0.3) is 6.08 Å². The number of carbonyl (C=O) groups is 2. The number of hydrogen-bond donors (Lipinski definition) is 0. The van der Waals surface area contributed by atoms with E-state index in [4.69, 9.17) is 0 Å². The van der Waals surface area contributed by atoms with Gasteiger partial charge in [-0.3, -0.25) is 9.59 Å². The summed E-state index contributed by atoms with van der Waals surface area (Å²) in [5, 5.41) is 0.301. The molecule has 7 heteroatoms. The third-order valence-electron chi connectivity index (χ3n) is 2.59. The van der Waals surface area contributed by atoms with Gasteiger partial charge in [0.2, 0.25) is 0 Å². The minimum atomic E-state index is -4.24. The topological polar surface area (TPSA) is 80.8 Å². The molecule has 1 aromatic carbocycles. The third kappa shape index (κ3) is 2.56. The first kappa shape index (κ1) is 13.4. The van der Waals surface area contributed by atoms with Crippen molar-refractivity contribution in [3.63, 3.8) is 0 Å². The Morgan fingerprint density at radius 2 is 1.74 bits per heavy atom. The summed E-state index contributed by atoms with van der Waals surface area (Å²) < 4.78 is 28.7. The van der Waals surface area contributed by atoms with E-state index in [1.54, 1.807) is 6.07 Å². The van der Waals surface area contributed by atoms with Gasteiger partial charge < -0.3 is 0 Å². The summed E-state index contributed by atoms with van der Waals surface area (Å²) in [6.45, 7) is 3.50. The van der Waals surface area contributed by atoms with Crippen molar-refractivity contribution in [3.05, 3.63) is 36.4 Å². The lowest BCUT2D eigenvalue weighted by Crippen LogP contribution is -2.32. The lowest BCUT2D eigenvalue weighted by atomic mass is 10.2. The first-order valence-electron chi connectivity index (χ1n) is 5.47. The van der Waals surface area contributed by atoms with Crippen LogP contribution in [0.1, 0.15) is 18.4 Å². The van der Waals surface area contributed by atoms with Crippen molar-refractivity contribution in [2.75, 3.05) is 0 Å². The number of amides is 2. The van der Waals surface area contributed by atoms with Crippen molar-refractivity contribution in [3.8, 4) is 0 Å². The van der Waals surface area contributed by atoms with Gasteiger partial charge in [0, 0.05) is 12.8 Å². The number of hydrogen-bond acceptors (Lipinski definition) is 5. The molecule has 0 aliphatic carbocycles. The molecule has 0 unspecified atom stereocenters. The van der Waals surface area contributed by atoms with Crippen molar-refractivity contribution in [2.24, 2.45) is 0 Å². The minimum Gasteiger partial charge on any atom is -0.272 e. The molecule has 0 radical (unpaired) electrons. The molecule has 0 aromatic heterocycles. The molecule has 6 nitrogen and oxygen atoms in total. The Labute approximate surface area is 110 Å². The van der Waals surface area contributed by atoms with E-state index >= 15 is 0 Å². The highest BCUT2D eigenvalue weighted by Gasteiger charge is 2.35. The summed E-state index contributed by atoms with van der Waals surface area (Å²) in [6.07, 6.45) is 1.26. The van der Waals surface area contributed by atoms with Gasteiger partial charge in [-0.15, -0.1) is 9.35 Å². The predicted octanol–water partition coefficient (Wildman–Crippen LogP) is 1.10. The van der Waals surface area contributed by atoms with E-state index < -0.39 is 21.9 Å². The van der Waals surface area contributed by atoms with Crippen LogP contribution in [0.15, 0.2) is 35.7 Å². The zero-order chi connectivity index (χ0) is 14.0. The maximum absolute atomic E-state index is 12.0. The number of carbonyl (C=O) groups excluding carboxylic acids is 2. The Morgan fingerprint density at radius 1 is 1.16 bits per heavy atom. The van der Waals surface area contributed by atoms with E-state index in [1.165, 1.54) is 24.3 Å². The van der Waals surface area contributed by atoms with Crippen molar-refractivity contribution in [2.45, 2.75) is 17.7 Å². The molecule has 1 saturated heterocycles. The zero-order valence-corrected chi connectivity index (χ0v) is 10.7. The highest BCUT2D eigenvalue weighted by molar-refractivity contribution is 7.86. The van der Waals surface area contributed by atoms with Crippen molar-refractivity contribution < 1.29 is 22.3 Å². The Bertz CT molecular complexity index is 634. The van der Waals surface area contributed by atoms with Gasteiger partial charge in [0.15, 0.2) is 0 Å². The first-order chi connectivity index (χ1) is 8.95. The van der Waals surface area contributed by atoms with Crippen LogP contribution in [-0.2, 0) is 24.0 Å². The normalized spacial score (nSPS) is 15.9. The van der Waals surface area contributed by atoms with Crippen molar-refractivity contribution >= 4 is 28.0 Å². The number of benzene rings is 1. The van der Waals surface area contributed by atoms with E-state index in [-0.39, 0.29) is 17.7 Å². The van der Waals surface area contributed by atoms with E-state index in [1.807, 2.05) is 0 Å². The molecule has 0 N–H and O–H groups in total. The molecule has 100 valence electrons. The van der Waals surface area contributed by atoms with Crippen LogP contribution >= 0.6 is 0 Å². The molecular formula is C12H11NO5S. The van der Waals surface area contributed by atoms with Gasteiger partial charge in [-0.1, -0.05) is 30.9 Å². The number of hydroxylamine groups is 2. The van der Waals surface area contributed by atoms with Crippen LogP contribution < -0.4 is 0 Å². The fourth-order valence-corrected chi connectivity index (χ4v) is 2.78. The highest BCUT2D eigenvalue weighted by atomic mass is 32.2. The molecule has 1 heterocycles. The second-order valence-corrected chi connectivity index (χ2v) is 5.35. The van der Waals surface area contributed by atoms with E-state index in [0.717, 1.165) is 0 Å². The fraction of sp³-hybridized carbons (Fsp3) is 0.167. The standard InChI is InChI=1S/C12H11NO5S/c1-2-9-5-3-4-6-10(9)19(16,17)18-13-11(14)7-8-12(13)15/h2-6H,1,7-8H2. The number of imide groups is 1. The number of nitrogens with zero attached hydrogens (tertiary/aromatic N) is 1. The highest BCUT2D eigenvalue weighted by Crippen LogP contribution is 2.22. The van der Waals surface area contributed by atoms with Crippen LogP contribution in [0.5, 0.6) is 0 Å². The average Bonchev–Trinajstić information content (AvgIpc) is 2.70. The van der Waals surface area contributed by atoms with Gasteiger partial charge in [0.25, 0.3) is 11.8 Å². The van der Waals surface area contributed by atoms with Crippen LogP contribution in [-0.4, -0.2) is 25.3 Å². The molecule has 1 aliphatic heterocycles. The average molecular weight is 281 g/mol. The van der Waals surface area contributed by atoms with Crippen LogP contribution in [0, 0.1) is 0 Å². The van der Waals surface area contributed by atoms with Gasteiger partial charge in [-0.25, -0.2) is 0 Å². The van der Waals surface area contributed by atoms with E-state index in [0.29, 0.717) is 10.6 Å². The summed E-state index contributed by atoms with van der Waals surface area (Å²) in [7, 11) is -4.24. The molecule has 0 spiro atoms. The predicted molar refractivity (Wildman–Crippen MR) is 65.9 cm³/mol.